The van der Waals surface area contributed by atoms with Crippen LogP contribution < -0.4 is 9.64 Å². The minimum atomic E-state index is -0.238. The Morgan fingerprint density at radius 2 is 1.68 bits per heavy atom. The number of benzene rings is 3. The summed E-state index contributed by atoms with van der Waals surface area (Å²) in [5, 5.41) is 0. The number of nitrogens with zero attached hydrogens (tertiary/aromatic N) is 2. The Labute approximate surface area is 183 Å². The van der Waals surface area contributed by atoms with Crippen LogP contribution in [-0.2, 0) is 4.79 Å². The van der Waals surface area contributed by atoms with Gasteiger partial charge in [0, 0.05) is 11.1 Å². The predicted octanol–water partition coefficient (Wildman–Crippen LogP) is 6.54. The maximum Gasteiger partial charge on any atom is 0.278 e. The van der Waals surface area contributed by atoms with Crippen LogP contribution in [0.4, 0.5) is 11.4 Å². The van der Waals surface area contributed by atoms with E-state index in [1.165, 1.54) is 5.56 Å². The first-order valence-electron chi connectivity index (χ1n) is 10.7. The second kappa shape index (κ2) is 7.09. The zero-order valence-electron chi connectivity index (χ0n) is 18.3. The van der Waals surface area contributed by atoms with E-state index in [0.717, 1.165) is 40.4 Å². The molecule has 0 spiro atoms. The highest BCUT2D eigenvalue weighted by atomic mass is 16.5. The van der Waals surface area contributed by atoms with E-state index in [0.29, 0.717) is 11.6 Å². The topological polar surface area (TPSA) is 41.9 Å². The largest absolute Gasteiger partial charge is 0.457 e. The van der Waals surface area contributed by atoms with Crippen molar-refractivity contribution in [1.29, 1.82) is 0 Å². The molecule has 1 atom stereocenters. The van der Waals surface area contributed by atoms with Crippen LogP contribution in [0.15, 0.2) is 71.7 Å². The van der Waals surface area contributed by atoms with E-state index in [9.17, 15) is 4.79 Å². The molecule has 3 aromatic carbocycles. The maximum absolute atomic E-state index is 13.5. The fourth-order valence-corrected chi connectivity index (χ4v) is 4.91. The van der Waals surface area contributed by atoms with Gasteiger partial charge in [0.15, 0.2) is 0 Å². The Balaban J connectivity index is 1.53. The standard InChI is InChI=1S/C27H26N2O2/c1-17-14-22-18(2)16-27(3,4)29-25(22)23(15-17)24(26(29)30)28-19-10-12-21(13-11-19)31-20-8-6-5-7-9-20/h5-15,18H,16H2,1-4H3/t18-/m0/s1. The van der Waals surface area contributed by atoms with Gasteiger partial charge in [0.05, 0.1) is 11.4 Å². The molecule has 0 fully saturated rings. The number of carbonyl (C=O) groups excluding carboxylic acids is 1. The number of hydrogen-bond acceptors (Lipinski definition) is 3. The van der Waals surface area contributed by atoms with Crippen molar-refractivity contribution in [3.05, 3.63) is 83.4 Å². The van der Waals surface area contributed by atoms with Crippen molar-refractivity contribution in [3.8, 4) is 11.5 Å². The van der Waals surface area contributed by atoms with Crippen molar-refractivity contribution in [2.45, 2.75) is 45.6 Å². The lowest BCUT2D eigenvalue weighted by Gasteiger charge is -2.43. The van der Waals surface area contributed by atoms with E-state index in [4.69, 9.17) is 9.73 Å². The van der Waals surface area contributed by atoms with Crippen LogP contribution in [-0.4, -0.2) is 17.2 Å². The molecule has 2 aliphatic heterocycles. The lowest BCUT2D eigenvalue weighted by atomic mass is 9.80. The first kappa shape index (κ1) is 19.6. The number of rotatable bonds is 3. The van der Waals surface area contributed by atoms with Gasteiger partial charge in [0.25, 0.3) is 5.91 Å². The lowest BCUT2D eigenvalue weighted by Crippen LogP contribution is -2.50. The molecule has 0 N–H and O–H groups in total. The van der Waals surface area contributed by atoms with Crippen molar-refractivity contribution in [1.82, 2.24) is 0 Å². The fraction of sp³-hybridized carbons (Fsp3) is 0.259. The van der Waals surface area contributed by atoms with Crippen molar-refractivity contribution in [2.24, 2.45) is 4.99 Å². The van der Waals surface area contributed by atoms with E-state index < -0.39 is 0 Å². The molecule has 0 unspecified atom stereocenters. The quantitative estimate of drug-likeness (QED) is 0.492. The highest BCUT2D eigenvalue weighted by molar-refractivity contribution is 6.55. The van der Waals surface area contributed by atoms with Gasteiger partial charge in [0.1, 0.15) is 17.2 Å². The first-order chi connectivity index (χ1) is 14.8. The van der Waals surface area contributed by atoms with Gasteiger partial charge in [-0.15, -0.1) is 0 Å². The zero-order valence-corrected chi connectivity index (χ0v) is 18.3. The number of para-hydroxylation sites is 1. The fourth-order valence-electron chi connectivity index (χ4n) is 4.91. The molecular weight excluding hydrogens is 384 g/mol. The molecule has 0 saturated carbocycles. The molecule has 0 saturated heterocycles. The van der Waals surface area contributed by atoms with E-state index in [2.05, 4.69) is 39.8 Å². The molecular formula is C27H26N2O2. The third-order valence-electron chi connectivity index (χ3n) is 6.17. The van der Waals surface area contributed by atoms with Crippen LogP contribution in [0.2, 0.25) is 0 Å². The van der Waals surface area contributed by atoms with Gasteiger partial charge in [-0.2, -0.15) is 0 Å². The van der Waals surface area contributed by atoms with Crippen molar-refractivity contribution >= 4 is 23.0 Å². The summed E-state index contributed by atoms with van der Waals surface area (Å²) < 4.78 is 5.87. The SMILES string of the molecule is Cc1cc2c3c(c1)[C@@H](C)CC(C)(C)N3C(=O)C2=Nc1ccc(Oc2ccccc2)cc1. The summed E-state index contributed by atoms with van der Waals surface area (Å²) in [5.74, 6) is 1.92. The number of hydrogen-bond donors (Lipinski definition) is 0. The number of amides is 1. The first-order valence-corrected chi connectivity index (χ1v) is 10.7. The van der Waals surface area contributed by atoms with Gasteiger partial charge in [0.2, 0.25) is 0 Å². The molecule has 3 aromatic rings. The van der Waals surface area contributed by atoms with Gasteiger partial charge >= 0.3 is 0 Å². The predicted molar refractivity (Wildman–Crippen MR) is 125 cm³/mol. The third-order valence-corrected chi connectivity index (χ3v) is 6.17. The molecule has 0 radical (unpaired) electrons. The van der Waals surface area contributed by atoms with Crippen molar-refractivity contribution in [3.63, 3.8) is 0 Å². The number of ether oxygens (including phenoxy) is 1. The number of anilines is 1. The van der Waals surface area contributed by atoms with Crippen LogP contribution in [0, 0.1) is 6.92 Å². The minimum Gasteiger partial charge on any atom is -0.457 e. The lowest BCUT2D eigenvalue weighted by molar-refractivity contribution is -0.113. The van der Waals surface area contributed by atoms with Crippen LogP contribution in [0.3, 0.4) is 0 Å². The Kier molecular flexibility index (Phi) is 4.47. The molecule has 0 bridgehead atoms. The Morgan fingerprint density at radius 3 is 2.39 bits per heavy atom. The molecule has 1 amide bonds. The molecule has 31 heavy (non-hydrogen) atoms. The van der Waals surface area contributed by atoms with Crippen LogP contribution in [0.1, 0.15) is 49.8 Å². The highest BCUT2D eigenvalue weighted by Gasteiger charge is 2.47. The van der Waals surface area contributed by atoms with Crippen LogP contribution >= 0.6 is 0 Å². The summed E-state index contributed by atoms with van der Waals surface area (Å²) in [6.45, 7) is 8.63. The Bertz CT molecular complexity index is 1190. The molecule has 0 aromatic heterocycles. The summed E-state index contributed by atoms with van der Waals surface area (Å²) in [5.41, 5.74) is 5.43. The maximum atomic E-state index is 13.5. The average Bonchev–Trinajstić information content (AvgIpc) is 3.01. The summed E-state index contributed by atoms with van der Waals surface area (Å²) in [7, 11) is 0. The number of aryl methyl sites for hydroxylation is 1. The van der Waals surface area contributed by atoms with E-state index in [-0.39, 0.29) is 11.4 Å². The summed E-state index contributed by atoms with van der Waals surface area (Å²) in [6, 6.07) is 21.5. The normalized spacial score (nSPS) is 20.1. The molecule has 5 rings (SSSR count). The van der Waals surface area contributed by atoms with E-state index in [1.54, 1.807) is 0 Å². The van der Waals surface area contributed by atoms with Gasteiger partial charge in [-0.1, -0.05) is 36.8 Å². The monoisotopic (exact) mass is 410 g/mol. The third kappa shape index (κ3) is 3.32. The molecule has 0 aliphatic carbocycles. The molecule has 4 nitrogen and oxygen atoms in total. The minimum absolute atomic E-state index is 0.0108. The number of carbonyl (C=O) groups is 1. The molecule has 4 heteroatoms. The second-order valence-electron chi connectivity index (χ2n) is 9.18. The Hall–Kier alpha value is -3.40. The van der Waals surface area contributed by atoms with E-state index >= 15 is 0 Å². The molecule has 2 heterocycles. The van der Waals surface area contributed by atoms with Gasteiger partial charge in [-0.25, -0.2) is 4.99 Å². The summed E-state index contributed by atoms with van der Waals surface area (Å²) in [6.07, 6.45) is 0.938. The van der Waals surface area contributed by atoms with Gasteiger partial charge < -0.3 is 9.64 Å². The smallest absolute Gasteiger partial charge is 0.278 e. The van der Waals surface area contributed by atoms with Crippen molar-refractivity contribution < 1.29 is 9.53 Å². The molecule has 156 valence electrons. The van der Waals surface area contributed by atoms with E-state index in [1.807, 2.05) is 59.5 Å². The Morgan fingerprint density at radius 1 is 1.00 bits per heavy atom. The van der Waals surface area contributed by atoms with Crippen LogP contribution in [0.5, 0.6) is 11.5 Å². The number of aliphatic imine (C=N–C) groups is 1. The highest BCUT2D eigenvalue weighted by Crippen LogP contribution is 2.49. The summed E-state index contributed by atoms with van der Waals surface area (Å²) >= 11 is 0. The van der Waals surface area contributed by atoms with Crippen molar-refractivity contribution in [2.75, 3.05) is 4.90 Å². The summed E-state index contributed by atoms with van der Waals surface area (Å²) in [4.78, 5) is 20.3. The second-order valence-corrected chi connectivity index (χ2v) is 9.18. The molecule has 2 aliphatic rings. The van der Waals surface area contributed by atoms with Crippen LogP contribution in [0.25, 0.3) is 0 Å². The van der Waals surface area contributed by atoms with Gasteiger partial charge in [-0.05, 0) is 81.1 Å². The van der Waals surface area contributed by atoms with Gasteiger partial charge in [-0.3, -0.25) is 4.79 Å². The zero-order chi connectivity index (χ0) is 21.8. The average molecular weight is 411 g/mol.